The highest BCUT2D eigenvalue weighted by Gasteiger charge is 2.29. The van der Waals surface area contributed by atoms with Crippen molar-refractivity contribution in [1.29, 1.82) is 0 Å². The van der Waals surface area contributed by atoms with Crippen LogP contribution in [0.2, 0.25) is 0 Å². The van der Waals surface area contributed by atoms with Crippen LogP contribution in [0.3, 0.4) is 0 Å². The quantitative estimate of drug-likeness (QED) is 0.890. The molecule has 0 unspecified atom stereocenters. The van der Waals surface area contributed by atoms with Gasteiger partial charge in [0.25, 0.3) is 0 Å². The monoisotopic (exact) mass is 261 g/mol. The molecule has 0 bridgehead atoms. The summed E-state index contributed by atoms with van der Waals surface area (Å²) in [5.41, 5.74) is 0.249. The predicted octanol–water partition coefficient (Wildman–Crippen LogP) is 3.05. The zero-order valence-corrected chi connectivity index (χ0v) is 9.91. The summed E-state index contributed by atoms with van der Waals surface area (Å²) in [6.45, 7) is 2.26. The van der Waals surface area contributed by atoms with Crippen LogP contribution in [0.1, 0.15) is 32.6 Å². The molecular weight excluding hydrogens is 250 g/mol. The third-order valence-electron chi connectivity index (χ3n) is 2.52. The number of aromatic nitrogens is 2. The lowest BCUT2D eigenvalue weighted by Gasteiger charge is -2.24. The van der Waals surface area contributed by atoms with E-state index < -0.39 is 0 Å². The van der Waals surface area contributed by atoms with Gasteiger partial charge in [0.2, 0.25) is 5.13 Å². The maximum atomic E-state index is 4.04. The molecule has 1 aromatic rings. The minimum absolute atomic E-state index is 0.249. The van der Waals surface area contributed by atoms with Crippen molar-refractivity contribution in [2.75, 3.05) is 5.32 Å². The molecule has 13 heavy (non-hydrogen) atoms. The average Bonchev–Trinajstić information content (AvgIpc) is 2.62. The van der Waals surface area contributed by atoms with Gasteiger partial charge >= 0.3 is 0 Å². The van der Waals surface area contributed by atoms with Gasteiger partial charge in [-0.05, 0) is 35.7 Å². The molecule has 0 aliphatic heterocycles. The fourth-order valence-corrected chi connectivity index (χ4v) is 2.95. The fraction of sp³-hybridized carbons (Fsp3) is 0.750. The van der Waals surface area contributed by atoms with E-state index in [0.29, 0.717) is 0 Å². The zero-order chi connectivity index (χ0) is 9.31. The highest BCUT2D eigenvalue weighted by atomic mass is 79.9. The predicted molar refractivity (Wildman–Crippen MR) is 58.1 cm³/mol. The Morgan fingerprint density at radius 3 is 2.62 bits per heavy atom. The van der Waals surface area contributed by atoms with Gasteiger partial charge in [-0.2, -0.15) is 0 Å². The molecule has 0 amide bonds. The van der Waals surface area contributed by atoms with Gasteiger partial charge in [0.15, 0.2) is 3.92 Å². The summed E-state index contributed by atoms with van der Waals surface area (Å²) in [5.74, 6) is 0. The van der Waals surface area contributed by atoms with Gasteiger partial charge in [0, 0.05) is 5.54 Å². The summed E-state index contributed by atoms with van der Waals surface area (Å²) in [5, 5.41) is 12.3. The molecule has 2 rings (SSSR count). The number of rotatable bonds is 2. The lowest BCUT2D eigenvalue weighted by atomic mass is 10.0. The van der Waals surface area contributed by atoms with E-state index in [1.165, 1.54) is 25.7 Å². The molecule has 0 spiro atoms. The summed E-state index contributed by atoms with van der Waals surface area (Å²) < 4.78 is 0.844. The third-order valence-corrected chi connectivity index (χ3v) is 3.79. The first-order valence-electron chi connectivity index (χ1n) is 4.45. The van der Waals surface area contributed by atoms with Crippen LogP contribution in [-0.2, 0) is 0 Å². The number of hydrogen-bond donors (Lipinski definition) is 1. The maximum Gasteiger partial charge on any atom is 0.206 e. The van der Waals surface area contributed by atoms with Gasteiger partial charge in [-0.1, -0.05) is 24.2 Å². The number of anilines is 1. The van der Waals surface area contributed by atoms with Crippen LogP contribution < -0.4 is 5.32 Å². The Morgan fingerprint density at radius 1 is 1.38 bits per heavy atom. The third kappa shape index (κ3) is 2.20. The van der Waals surface area contributed by atoms with E-state index in [-0.39, 0.29) is 5.54 Å². The summed E-state index contributed by atoms with van der Waals surface area (Å²) in [4.78, 5) is 0. The summed E-state index contributed by atoms with van der Waals surface area (Å²) >= 11 is 4.86. The number of hydrogen-bond acceptors (Lipinski definition) is 4. The normalized spacial score (nSPS) is 20.5. The van der Waals surface area contributed by atoms with Gasteiger partial charge in [0.05, 0.1) is 0 Å². The first kappa shape index (κ1) is 9.40. The van der Waals surface area contributed by atoms with Gasteiger partial charge < -0.3 is 5.32 Å². The van der Waals surface area contributed by atoms with Crippen LogP contribution in [0.25, 0.3) is 0 Å². The molecule has 1 heterocycles. The molecule has 0 saturated heterocycles. The standard InChI is InChI=1S/C8H12BrN3S/c1-8(4-2-3-5-8)10-7-12-11-6(9)13-7/h2-5H2,1H3,(H,10,12). The Morgan fingerprint density at radius 2 is 2.08 bits per heavy atom. The van der Waals surface area contributed by atoms with Crippen molar-refractivity contribution in [1.82, 2.24) is 10.2 Å². The molecule has 1 fully saturated rings. The van der Waals surface area contributed by atoms with E-state index in [9.17, 15) is 0 Å². The van der Waals surface area contributed by atoms with Gasteiger partial charge in [-0.15, -0.1) is 10.2 Å². The van der Waals surface area contributed by atoms with Crippen molar-refractivity contribution < 1.29 is 0 Å². The molecular formula is C8H12BrN3S. The number of nitrogens with zero attached hydrogens (tertiary/aromatic N) is 2. The van der Waals surface area contributed by atoms with Crippen LogP contribution in [0.15, 0.2) is 3.92 Å². The second-order valence-electron chi connectivity index (χ2n) is 3.75. The fourth-order valence-electron chi connectivity index (χ4n) is 1.79. The topological polar surface area (TPSA) is 37.8 Å². The molecule has 1 aliphatic rings. The van der Waals surface area contributed by atoms with Crippen LogP contribution in [-0.4, -0.2) is 15.7 Å². The molecule has 1 aromatic heterocycles. The van der Waals surface area contributed by atoms with E-state index in [1.807, 2.05) is 0 Å². The van der Waals surface area contributed by atoms with Crippen molar-refractivity contribution in [3.05, 3.63) is 3.92 Å². The molecule has 1 N–H and O–H groups in total. The minimum atomic E-state index is 0.249. The summed E-state index contributed by atoms with van der Waals surface area (Å²) in [6.07, 6.45) is 5.13. The highest BCUT2D eigenvalue weighted by Crippen LogP contribution is 2.33. The van der Waals surface area contributed by atoms with E-state index >= 15 is 0 Å². The second kappa shape index (κ2) is 3.53. The van der Waals surface area contributed by atoms with E-state index in [1.54, 1.807) is 11.3 Å². The van der Waals surface area contributed by atoms with E-state index in [4.69, 9.17) is 0 Å². The Hall–Kier alpha value is -0.160. The molecule has 0 aromatic carbocycles. The molecule has 0 radical (unpaired) electrons. The maximum absolute atomic E-state index is 4.04. The van der Waals surface area contributed by atoms with Crippen LogP contribution >= 0.6 is 27.3 Å². The molecule has 1 saturated carbocycles. The largest absolute Gasteiger partial charge is 0.355 e. The minimum Gasteiger partial charge on any atom is -0.355 e. The molecule has 3 nitrogen and oxygen atoms in total. The molecule has 5 heteroatoms. The first-order chi connectivity index (χ1) is 6.18. The lowest BCUT2D eigenvalue weighted by molar-refractivity contribution is 0.532. The summed E-state index contributed by atoms with van der Waals surface area (Å²) in [6, 6.07) is 0. The van der Waals surface area contributed by atoms with Gasteiger partial charge in [0.1, 0.15) is 0 Å². The second-order valence-corrected chi connectivity index (χ2v) is 6.01. The Balaban J connectivity index is 2.04. The lowest BCUT2D eigenvalue weighted by Crippen LogP contribution is -2.30. The van der Waals surface area contributed by atoms with Crippen LogP contribution in [0.5, 0.6) is 0 Å². The Labute approximate surface area is 90.1 Å². The van der Waals surface area contributed by atoms with Crippen LogP contribution in [0, 0.1) is 0 Å². The van der Waals surface area contributed by atoms with E-state index in [2.05, 4.69) is 38.4 Å². The smallest absolute Gasteiger partial charge is 0.206 e. The zero-order valence-electron chi connectivity index (χ0n) is 7.51. The molecule has 72 valence electrons. The van der Waals surface area contributed by atoms with Crippen LogP contribution in [0.4, 0.5) is 5.13 Å². The van der Waals surface area contributed by atoms with Crippen molar-refractivity contribution in [3.63, 3.8) is 0 Å². The van der Waals surface area contributed by atoms with Crippen molar-refractivity contribution >= 4 is 32.4 Å². The first-order valence-corrected chi connectivity index (χ1v) is 6.06. The number of nitrogens with one attached hydrogen (secondary N) is 1. The van der Waals surface area contributed by atoms with Crippen molar-refractivity contribution in [2.24, 2.45) is 0 Å². The van der Waals surface area contributed by atoms with Crippen molar-refractivity contribution in [3.8, 4) is 0 Å². The van der Waals surface area contributed by atoms with Gasteiger partial charge in [-0.25, -0.2) is 0 Å². The Bertz CT molecular complexity index is 293. The van der Waals surface area contributed by atoms with E-state index in [0.717, 1.165) is 9.05 Å². The molecule has 1 aliphatic carbocycles. The SMILES string of the molecule is CC1(Nc2nnc(Br)s2)CCCC1. The highest BCUT2D eigenvalue weighted by molar-refractivity contribution is 9.11. The van der Waals surface area contributed by atoms with Gasteiger partial charge in [-0.3, -0.25) is 0 Å². The average molecular weight is 262 g/mol. The summed E-state index contributed by atoms with van der Waals surface area (Å²) in [7, 11) is 0. The van der Waals surface area contributed by atoms with Crippen molar-refractivity contribution in [2.45, 2.75) is 38.1 Å². The Kier molecular flexibility index (Phi) is 2.55. The number of halogens is 1. The molecule has 0 atom stereocenters.